The number of likely N-dealkylation sites (N-methyl/N-ethyl adjacent to an activating group) is 1. The number of nitrogens with zero attached hydrogens (tertiary/aromatic N) is 2. The fourth-order valence-corrected chi connectivity index (χ4v) is 4.31. The molecule has 1 saturated carbocycles. The number of rotatable bonds is 6. The summed E-state index contributed by atoms with van der Waals surface area (Å²) in [4.78, 5) is 41.6. The van der Waals surface area contributed by atoms with Crippen LogP contribution >= 0.6 is 0 Å². The van der Waals surface area contributed by atoms with E-state index in [1.165, 1.54) is 0 Å². The molecule has 3 amide bonds. The van der Waals surface area contributed by atoms with Gasteiger partial charge in [-0.15, -0.1) is 0 Å². The number of hydrogen-bond donors (Lipinski definition) is 2. The lowest BCUT2D eigenvalue weighted by atomic mass is 9.77. The summed E-state index contributed by atoms with van der Waals surface area (Å²) in [7, 11) is 3.67. The molecule has 0 bridgehead atoms. The molecule has 7 heteroatoms. The maximum atomic E-state index is 13.0. The molecule has 29 heavy (non-hydrogen) atoms. The average Bonchev–Trinajstić information content (AvgIpc) is 3.21. The number of carbonyl (C=O) groups is 3. The van der Waals surface area contributed by atoms with Gasteiger partial charge < -0.3 is 20.4 Å². The Balaban J connectivity index is 1.64. The molecule has 1 aromatic rings. The minimum absolute atomic E-state index is 0.0981. The van der Waals surface area contributed by atoms with Gasteiger partial charge in [-0.25, -0.2) is 0 Å². The van der Waals surface area contributed by atoms with Crippen molar-refractivity contribution in [2.45, 2.75) is 38.5 Å². The Morgan fingerprint density at radius 3 is 2.24 bits per heavy atom. The van der Waals surface area contributed by atoms with E-state index < -0.39 is 0 Å². The van der Waals surface area contributed by atoms with Crippen molar-refractivity contribution in [1.29, 1.82) is 0 Å². The molecule has 2 aliphatic rings. The fourth-order valence-electron chi connectivity index (χ4n) is 4.31. The van der Waals surface area contributed by atoms with Crippen molar-refractivity contribution >= 4 is 29.1 Å². The Morgan fingerprint density at radius 1 is 0.966 bits per heavy atom. The predicted molar refractivity (Wildman–Crippen MR) is 114 cm³/mol. The highest BCUT2D eigenvalue weighted by Crippen LogP contribution is 2.33. The third-order valence-corrected chi connectivity index (χ3v) is 5.71. The molecule has 0 unspecified atom stereocenters. The second-order valence-electron chi connectivity index (χ2n) is 8.39. The van der Waals surface area contributed by atoms with E-state index in [2.05, 4.69) is 10.6 Å². The zero-order chi connectivity index (χ0) is 20.8. The van der Waals surface area contributed by atoms with Crippen LogP contribution in [-0.2, 0) is 14.4 Å². The third-order valence-electron chi connectivity index (χ3n) is 5.71. The molecular weight excluding hydrogens is 368 g/mol. The average molecular weight is 401 g/mol. The van der Waals surface area contributed by atoms with Crippen LogP contribution in [0.25, 0.3) is 0 Å². The van der Waals surface area contributed by atoms with E-state index >= 15 is 0 Å². The van der Waals surface area contributed by atoms with Gasteiger partial charge in [-0.2, -0.15) is 0 Å². The summed E-state index contributed by atoms with van der Waals surface area (Å²) in [6.07, 6.45) is 5.62. The molecular formula is C22H32N4O3. The highest BCUT2D eigenvalue weighted by atomic mass is 16.2. The fraction of sp³-hybridized carbons (Fsp3) is 0.591. The lowest BCUT2D eigenvalue weighted by molar-refractivity contribution is -0.141. The standard InChI is InChI=1S/C22H32N4O3/c1-25(2)15-20(27)23-16-8-7-9-17(14-16)24-21(28)18-10-3-4-11-19(18)22(29)26-12-5-6-13-26/h7-9,14,18-19H,3-6,10-13,15H2,1-2H3,(H,23,27)(H,24,28)/t18-,19+/m0/s1. The topological polar surface area (TPSA) is 81.8 Å². The number of carbonyl (C=O) groups excluding carboxylic acids is 3. The summed E-state index contributed by atoms with van der Waals surface area (Å²) >= 11 is 0. The second-order valence-corrected chi connectivity index (χ2v) is 8.39. The van der Waals surface area contributed by atoms with Crippen LogP contribution in [0.3, 0.4) is 0 Å². The smallest absolute Gasteiger partial charge is 0.238 e. The van der Waals surface area contributed by atoms with Crippen molar-refractivity contribution in [2.24, 2.45) is 11.8 Å². The first-order valence-electron chi connectivity index (χ1n) is 10.6. The largest absolute Gasteiger partial charge is 0.342 e. The minimum atomic E-state index is -0.288. The summed E-state index contributed by atoms with van der Waals surface area (Å²) in [6.45, 7) is 1.93. The Morgan fingerprint density at radius 2 is 1.59 bits per heavy atom. The summed E-state index contributed by atoms with van der Waals surface area (Å²) < 4.78 is 0. The zero-order valence-corrected chi connectivity index (χ0v) is 17.4. The van der Waals surface area contributed by atoms with Gasteiger partial charge in [0, 0.05) is 36.3 Å². The van der Waals surface area contributed by atoms with Gasteiger partial charge in [-0.3, -0.25) is 14.4 Å². The Hall–Kier alpha value is -2.41. The van der Waals surface area contributed by atoms with E-state index in [1.54, 1.807) is 29.2 Å². The highest BCUT2D eigenvalue weighted by Gasteiger charge is 2.38. The van der Waals surface area contributed by atoms with Crippen LogP contribution in [-0.4, -0.2) is 61.3 Å². The minimum Gasteiger partial charge on any atom is -0.342 e. The van der Waals surface area contributed by atoms with Crippen LogP contribution in [0.4, 0.5) is 11.4 Å². The van der Waals surface area contributed by atoms with Gasteiger partial charge in [-0.1, -0.05) is 18.9 Å². The van der Waals surface area contributed by atoms with Crippen molar-refractivity contribution in [2.75, 3.05) is 44.4 Å². The molecule has 7 nitrogen and oxygen atoms in total. The number of anilines is 2. The van der Waals surface area contributed by atoms with E-state index in [9.17, 15) is 14.4 Å². The summed E-state index contributed by atoms with van der Waals surface area (Å²) in [5.74, 6) is -0.568. The van der Waals surface area contributed by atoms with Gasteiger partial charge in [0.1, 0.15) is 0 Å². The van der Waals surface area contributed by atoms with E-state index in [-0.39, 0.29) is 29.6 Å². The van der Waals surface area contributed by atoms with E-state index in [0.717, 1.165) is 51.6 Å². The summed E-state index contributed by atoms with van der Waals surface area (Å²) in [6, 6.07) is 7.16. The molecule has 2 fully saturated rings. The van der Waals surface area contributed by atoms with Crippen LogP contribution in [0.1, 0.15) is 38.5 Å². The Bertz CT molecular complexity index is 743. The highest BCUT2D eigenvalue weighted by molar-refractivity contribution is 5.97. The lowest BCUT2D eigenvalue weighted by Crippen LogP contribution is -2.42. The molecule has 158 valence electrons. The van der Waals surface area contributed by atoms with Gasteiger partial charge in [-0.05, 0) is 58.0 Å². The van der Waals surface area contributed by atoms with Crippen LogP contribution in [0.2, 0.25) is 0 Å². The van der Waals surface area contributed by atoms with Gasteiger partial charge in [0.25, 0.3) is 0 Å². The number of nitrogens with one attached hydrogen (secondary N) is 2. The number of hydrogen-bond acceptors (Lipinski definition) is 4. The number of benzene rings is 1. The van der Waals surface area contributed by atoms with Gasteiger partial charge in [0.2, 0.25) is 17.7 Å². The lowest BCUT2D eigenvalue weighted by Gasteiger charge is -2.32. The zero-order valence-electron chi connectivity index (χ0n) is 17.4. The molecule has 1 aromatic carbocycles. The molecule has 0 radical (unpaired) electrons. The van der Waals surface area contributed by atoms with Crippen molar-refractivity contribution < 1.29 is 14.4 Å². The van der Waals surface area contributed by atoms with Gasteiger partial charge in [0.05, 0.1) is 6.54 Å². The Kier molecular flexibility index (Phi) is 7.25. The van der Waals surface area contributed by atoms with Crippen molar-refractivity contribution in [1.82, 2.24) is 9.80 Å². The molecule has 1 saturated heterocycles. The van der Waals surface area contributed by atoms with Gasteiger partial charge >= 0.3 is 0 Å². The first-order chi connectivity index (χ1) is 13.9. The van der Waals surface area contributed by atoms with Crippen LogP contribution < -0.4 is 10.6 Å². The first kappa shape index (κ1) is 21.3. The van der Waals surface area contributed by atoms with Crippen molar-refractivity contribution in [3.8, 4) is 0 Å². The molecule has 3 rings (SSSR count). The van der Waals surface area contributed by atoms with E-state index in [1.807, 2.05) is 19.0 Å². The Labute approximate surface area is 172 Å². The second kappa shape index (κ2) is 9.87. The van der Waals surface area contributed by atoms with Crippen molar-refractivity contribution in [3.05, 3.63) is 24.3 Å². The maximum absolute atomic E-state index is 13.0. The normalized spacial score (nSPS) is 21.8. The quantitative estimate of drug-likeness (QED) is 0.769. The third kappa shape index (κ3) is 5.79. The number of likely N-dealkylation sites (tertiary alicyclic amines) is 1. The maximum Gasteiger partial charge on any atom is 0.238 e. The molecule has 0 aromatic heterocycles. The summed E-state index contributed by atoms with van der Waals surface area (Å²) in [5, 5.41) is 5.81. The SMILES string of the molecule is CN(C)CC(=O)Nc1cccc(NC(=O)[C@H]2CCCC[C@H]2C(=O)N2CCCC2)c1. The molecule has 0 spiro atoms. The predicted octanol–water partition coefficient (Wildman–Crippen LogP) is 2.55. The van der Waals surface area contributed by atoms with Crippen LogP contribution in [0.5, 0.6) is 0 Å². The molecule has 2 atom stereocenters. The van der Waals surface area contributed by atoms with Crippen LogP contribution in [0, 0.1) is 11.8 Å². The van der Waals surface area contributed by atoms with E-state index in [4.69, 9.17) is 0 Å². The van der Waals surface area contributed by atoms with Crippen LogP contribution in [0.15, 0.2) is 24.3 Å². The first-order valence-corrected chi connectivity index (χ1v) is 10.6. The van der Waals surface area contributed by atoms with Crippen molar-refractivity contribution in [3.63, 3.8) is 0 Å². The number of amides is 3. The molecule has 1 aliphatic heterocycles. The van der Waals surface area contributed by atoms with Gasteiger partial charge in [0.15, 0.2) is 0 Å². The molecule has 1 heterocycles. The summed E-state index contributed by atoms with van der Waals surface area (Å²) in [5.41, 5.74) is 1.28. The molecule has 1 aliphatic carbocycles. The van der Waals surface area contributed by atoms with E-state index in [0.29, 0.717) is 17.9 Å². The molecule has 2 N–H and O–H groups in total. The monoisotopic (exact) mass is 400 g/mol.